The van der Waals surface area contributed by atoms with Gasteiger partial charge in [-0.25, -0.2) is 4.98 Å². The second-order valence-corrected chi connectivity index (χ2v) is 8.19. The van der Waals surface area contributed by atoms with Gasteiger partial charge in [0.05, 0.1) is 13.2 Å². The van der Waals surface area contributed by atoms with E-state index in [0.717, 1.165) is 30.6 Å². The van der Waals surface area contributed by atoms with Crippen molar-refractivity contribution in [3.63, 3.8) is 0 Å². The molecule has 1 atom stereocenters. The Morgan fingerprint density at radius 3 is 2.65 bits per heavy atom. The molecule has 6 heteroatoms. The van der Waals surface area contributed by atoms with Crippen LogP contribution >= 0.6 is 0 Å². The van der Waals surface area contributed by atoms with Crippen LogP contribution in [0.5, 0.6) is 17.4 Å². The lowest BCUT2D eigenvalue weighted by molar-refractivity contribution is 0.0933. The number of amides is 1. The summed E-state index contributed by atoms with van der Waals surface area (Å²) in [5.74, 6) is 2.20. The van der Waals surface area contributed by atoms with Crippen LogP contribution in [0, 0.1) is 0 Å². The van der Waals surface area contributed by atoms with Gasteiger partial charge in [0.2, 0.25) is 5.88 Å². The molecule has 1 aromatic heterocycles. The van der Waals surface area contributed by atoms with E-state index >= 15 is 0 Å². The van der Waals surface area contributed by atoms with Gasteiger partial charge >= 0.3 is 0 Å². The molecule has 6 nitrogen and oxygen atoms in total. The quantitative estimate of drug-likeness (QED) is 0.404. The maximum absolute atomic E-state index is 13.1. The van der Waals surface area contributed by atoms with Gasteiger partial charge < -0.3 is 14.8 Å². The summed E-state index contributed by atoms with van der Waals surface area (Å²) in [4.78, 5) is 22.0. The Bertz CT molecular complexity index is 1300. The molecule has 0 radical (unpaired) electrons. The normalized spacial score (nSPS) is 14.7. The van der Waals surface area contributed by atoms with Gasteiger partial charge in [0.1, 0.15) is 11.5 Å². The van der Waals surface area contributed by atoms with Crippen LogP contribution in [0.4, 0.5) is 0 Å². The second-order valence-electron chi connectivity index (χ2n) is 8.19. The van der Waals surface area contributed by atoms with Gasteiger partial charge in [-0.15, -0.1) is 0 Å². The summed E-state index contributed by atoms with van der Waals surface area (Å²) in [6, 6.07) is 24.7. The van der Waals surface area contributed by atoms with E-state index in [4.69, 9.17) is 9.47 Å². The average Bonchev–Trinajstić information content (AvgIpc) is 2.89. The number of aromatic nitrogens is 2. The molecule has 4 aromatic rings. The molecule has 1 heterocycles. The van der Waals surface area contributed by atoms with Crippen molar-refractivity contribution in [2.45, 2.75) is 25.3 Å². The fraction of sp³-hybridized carbons (Fsp3) is 0.179. The smallest absolute Gasteiger partial charge is 0.251 e. The Kier molecular flexibility index (Phi) is 6.21. The maximum atomic E-state index is 13.1. The zero-order valence-corrected chi connectivity index (χ0v) is 18.9. The maximum Gasteiger partial charge on any atom is 0.251 e. The van der Waals surface area contributed by atoms with Crippen molar-refractivity contribution in [2.24, 2.45) is 0 Å². The first-order valence-corrected chi connectivity index (χ1v) is 11.3. The van der Waals surface area contributed by atoms with E-state index in [1.54, 1.807) is 19.4 Å². The second kappa shape index (κ2) is 9.75. The first kappa shape index (κ1) is 21.6. The molecule has 0 saturated heterocycles. The molecule has 0 bridgehead atoms. The Balaban J connectivity index is 1.33. The van der Waals surface area contributed by atoms with E-state index < -0.39 is 0 Å². The molecule has 0 spiro atoms. The number of nitrogens with one attached hydrogen (secondary N) is 1. The third-order valence-corrected chi connectivity index (χ3v) is 5.97. The van der Waals surface area contributed by atoms with Crippen LogP contribution in [0.1, 0.15) is 40.4 Å². The van der Waals surface area contributed by atoms with Crippen LogP contribution < -0.4 is 14.8 Å². The molecule has 1 amide bonds. The number of carbonyl (C=O) groups is 1. The monoisotopic (exact) mass is 451 g/mol. The number of aryl methyl sites for hydroxylation is 1. The molecular formula is C28H25N3O3. The molecular weight excluding hydrogens is 426 g/mol. The standard InChI is InChI=1S/C28H25N3O3/c1-33-22-12-14-23(15-13-22)34-26-16-17-29-27(31-26)20-8-4-9-21(18-20)28(32)30-25-11-5-7-19-6-2-3-10-24(19)25/h2-4,6,8-10,12-18,25H,5,7,11H2,1H3,(H,30,32)/t25-/m0/s1. The molecule has 0 unspecified atom stereocenters. The van der Waals surface area contributed by atoms with E-state index in [0.29, 0.717) is 23.0 Å². The minimum Gasteiger partial charge on any atom is -0.497 e. The van der Waals surface area contributed by atoms with Crippen molar-refractivity contribution >= 4 is 5.91 Å². The van der Waals surface area contributed by atoms with Gasteiger partial charge in [0.25, 0.3) is 5.91 Å². The van der Waals surface area contributed by atoms with Gasteiger partial charge in [-0.05, 0) is 66.8 Å². The van der Waals surface area contributed by atoms with Gasteiger partial charge in [-0.3, -0.25) is 4.79 Å². The summed E-state index contributed by atoms with van der Waals surface area (Å²) >= 11 is 0. The first-order chi connectivity index (χ1) is 16.7. The fourth-order valence-corrected chi connectivity index (χ4v) is 4.25. The molecule has 34 heavy (non-hydrogen) atoms. The van der Waals surface area contributed by atoms with Gasteiger partial charge in [0, 0.05) is 23.4 Å². The Labute approximate surface area is 198 Å². The summed E-state index contributed by atoms with van der Waals surface area (Å²) in [7, 11) is 1.62. The number of methoxy groups -OCH3 is 1. The highest BCUT2D eigenvalue weighted by Gasteiger charge is 2.22. The lowest BCUT2D eigenvalue weighted by Gasteiger charge is -2.26. The lowest BCUT2D eigenvalue weighted by Crippen LogP contribution is -2.30. The van der Waals surface area contributed by atoms with Gasteiger partial charge in [0.15, 0.2) is 5.82 Å². The highest BCUT2D eigenvalue weighted by atomic mass is 16.5. The Hall–Kier alpha value is -4.19. The largest absolute Gasteiger partial charge is 0.497 e. The number of ether oxygens (including phenoxy) is 2. The minimum atomic E-state index is -0.103. The van der Waals surface area contributed by atoms with Crippen LogP contribution in [0.25, 0.3) is 11.4 Å². The number of benzene rings is 3. The molecule has 0 fully saturated rings. The third kappa shape index (κ3) is 4.76. The van der Waals surface area contributed by atoms with Gasteiger partial charge in [-0.2, -0.15) is 4.98 Å². The van der Waals surface area contributed by atoms with Gasteiger partial charge in [-0.1, -0.05) is 36.4 Å². The van der Waals surface area contributed by atoms with E-state index in [2.05, 4.69) is 33.5 Å². The number of carbonyl (C=O) groups excluding carboxylic acids is 1. The molecule has 170 valence electrons. The minimum absolute atomic E-state index is 0.0265. The average molecular weight is 452 g/mol. The van der Waals surface area contributed by atoms with E-state index in [1.807, 2.05) is 54.6 Å². The highest BCUT2D eigenvalue weighted by molar-refractivity contribution is 5.95. The van der Waals surface area contributed by atoms with Crippen molar-refractivity contribution in [2.75, 3.05) is 7.11 Å². The summed E-state index contributed by atoms with van der Waals surface area (Å²) in [5.41, 5.74) is 3.85. The summed E-state index contributed by atoms with van der Waals surface area (Å²) in [6.45, 7) is 0. The molecule has 1 N–H and O–H groups in total. The Morgan fingerprint density at radius 2 is 1.79 bits per heavy atom. The number of rotatable bonds is 6. The predicted octanol–water partition coefficient (Wildman–Crippen LogP) is 5.75. The van der Waals surface area contributed by atoms with Crippen LogP contribution in [0.15, 0.2) is 85.1 Å². The molecule has 0 saturated carbocycles. The number of nitrogens with zero attached hydrogens (tertiary/aromatic N) is 2. The molecule has 1 aliphatic carbocycles. The van der Waals surface area contributed by atoms with Crippen molar-refractivity contribution in [3.8, 4) is 28.8 Å². The van der Waals surface area contributed by atoms with E-state index in [9.17, 15) is 4.79 Å². The molecule has 0 aliphatic heterocycles. The van der Waals surface area contributed by atoms with E-state index in [-0.39, 0.29) is 11.9 Å². The van der Waals surface area contributed by atoms with Crippen molar-refractivity contribution < 1.29 is 14.3 Å². The van der Waals surface area contributed by atoms with Crippen molar-refractivity contribution in [1.29, 1.82) is 0 Å². The topological polar surface area (TPSA) is 73.3 Å². The zero-order chi connectivity index (χ0) is 23.3. The summed E-state index contributed by atoms with van der Waals surface area (Å²) in [6.07, 6.45) is 4.71. The molecule has 5 rings (SSSR count). The van der Waals surface area contributed by atoms with Crippen molar-refractivity contribution in [1.82, 2.24) is 15.3 Å². The summed E-state index contributed by atoms with van der Waals surface area (Å²) < 4.78 is 11.0. The van der Waals surface area contributed by atoms with E-state index in [1.165, 1.54) is 11.1 Å². The number of hydrogen-bond donors (Lipinski definition) is 1. The zero-order valence-electron chi connectivity index (χ0n) is 18.9. The predicted molar refractivity (Wildman–Crippen MR) is 130 cm³/mol. The van der Waals surface area contributed by atoms with Crippen LogP contribution in [-0.4, -0.2) is 23.0 Å². The Morgan fingerprint density at radius 1 is 0.971 bits per heavy atom. The van der Waals surface area contributed by atoms with Crippen LogP contribution in [0.2, 0.25) is 0 Å². The molecule has 3 aromatic carbocycles. The third-order valence-electron chi connectivity index (χ3n) is 5.97. The summed E-state index contributed by atoms with van der Waals surface area (Å²) in [5, 5.41) is 3.21. The highest BCUT2D eigenvalue weighted by Crippen LogP contribution is 2.30. The number of hydrogen-bond acceptors (Lipinski definition) is 5. The fourth-order valence-electron chi connectivity index (χ4n) is 4.25. The number of fused-ring (bicyclic) bond motifs is 1. The SMILES string of the molecule is COc1ccc(Oc2ccnc(-c3cccc(C(=O)N[C@H]4CCCc5ccccc54)c3)n2)cc1. The first-order valence-electron chi connectivity index (χ1n) is 11.3. The van der Waals surface area contributed by atoms with Crippen LogP contribution in [0.3, 0.4) is 0 Å². The molecule has 1 aliphatic rings. The lowest BCUT2D eigenvalue weighted by atomic mass is 9.87. The van der Waals surface area contributed by atoms with Crippen molar-refractivity contribution in [3.05, 3.63) is 102 Å². The van der Waals surface area contributed by atoms with Crippen LogP contribution in [-0.2, 0) is 6.42 Å².